The third-order valence-corrected chi connectivity index (χ3v) is 3.90. The standard InChI is InChI=1S/C14H25N3S/c1-10(2)15-8-6-7-9-18-14-16-12(4)11(3)13(5)17-14/h10,15H,6-9H2,1-5H3. The van der Waals surface area contributed by atoms with E-state index >= 15 is 0 Å². The number of nitrogens with one attached hydrogen (secondary N) is 1. The van der Waals surface area contributed by atoms with Crippen LogP contribution in [-0.4, -0.2) is 28.3 Å². The monoisotopic (exact) mass is 267 g/mol. The van der Waals surface area contributed by atoms with E-state index in [9.17, 15) is 0 Å². The van der Waals surface area contributed by atoms with Crippen LogP contribution in [0.1, 0.15) is 43.6 Å². The van der Waals surface area contributed by atoms with Crippen LogP contribution in [0.2, 0.25) is 0 Å². The lowest BCUT2D eigenvalue weighted by Crippen LogP contribution is -2.23. The van der Waals surface area contributed by atoms with Crippen molar-refractivity contribution in [3.63, 3.8) is 0 Å². The Morgan fingerprint density at radius 3 is 2.22 bits per heavy atom. The number of nitrogens with zero attached hydrogens (tertiary/aromatic N) is 2. The third kappa shape index (κ3) is 5.36. The molecule has 0 radical (unpaired) electrons. The minimum absolute atomic E-state index is 0.586. The molecule has 0 amide bonds. The molecule has 0 aromatic carbocycles. The third-order valence-electron chi connectivity index (χ3n) is 2.97. The summed E-state index contributed by atoms with van der Waals surface area (Å²) in [7, 11) is 0. The van der Waals surface area contributed by atoms with E-state index < -0.39 is 0 Å². The minimum atomic E-state index is 0.586. The number of rotatable bonds is 7. The Bertz CT molecular complexity index is 354. The van der Waals surface area contributed by atoms with Crippen LogP contribution in [0.15, 0.2) is 5.16 Å². The Morgan fingerprint density at radius 1 is 1.06 bits per heavy atom. The minimum Gasteiger partial charge on any atom is -0.315 e. The second kappa shape index (κ2) is 7.74. The van der Waals surface area contributed by atoms with E-state index in [0.29, 0.717) is 6.04 Å². The van der Waals surface area contributed by atoms with Gasteiger partial charge in [-0.15, -0.1) is 0 Å². The highest BCUT2D eigenvalue weighted by Crippen LogP contribution is 2.18. The molecule has 1 aromatic heterocycles. The highest BCUT2D eigenvalue weighted by atomic mass is 32.2. The lowest BCUT2D eigenvalue weighted by molar-refractivity contribution is 0.567. The highest BCUT2D eigenvalue weighted by Gasteiger charge is 2.04. The zero-order valence-corrected chi connectivity index (χ0v) is 13.0. The molecule has 1 rings (SSSR count). The maximum absolute atomic E-state index is 4.52. The van der Waals surface area contributed by atoms with Crippen LogP contribution >= 0.6 is 11.8 Å². The molecular weight excluding hydrogens is 242 g/mol. The van der Waals surface area contributed by atoms with Crippen molar-refractivity contribution in [2.24, 2.45) is 0 Å². The quantitative estimate of drug-likeness (QED) is 0.467. The molecule has 4 heteroatoms. The zero-order valence-electron chi connectivity index (χ0n) is 12.2. The Balaban J connectivity index is 2.27. The summed E-state index contributed by atoms with van der Waals surface area (Å²) < 4.78 is 0. The Hall–Kier alpha value is -0.610. The average Bonchev–Trinajstić information content (AvgIpc) is 2.30. The van der Waals surface area contributed by atoms with E-state index in [1.807, 2.05) is 0 Å². The number of hydrogen-bond donors (Lipinski definition) is 1. The van der Waals surface area contributed by atoms with Gasteiger partial charge >= 0.3 is 0 Å². The first-order chi connectivity index (χ1) is 8.50. The Kier molecular flexibility index (Phi) is 6.65. The Labute approximate surface area is 115 Å². The Morgan fingerprint density at radius 2 is 1.67 bits per heavy atom. The van der Waals surface area contributed by atoms with Crippen molar-refractivity contribution in [3.8, 4) is 0 Å². The molecule has 0 aliphatic heterocycles. The topological polar surface area (TPSA) is 37.8 Å². The van der Waals surface area contributed by atoms with Crippen LogP contribution in [0, 0.1) is 20.8 Å². The normalized spacial score (nSPS) is 11.2. The number of aromatic nitrogens is 2. The fourth-order valence-corrected chi connectivity index (χ4v) is 2.52. The average molecular weight is 267 g/mol. The molecular formula is C14H25N3S. The van der Waals surface area contributed by atoms with Gasteiger partial charge in [0.05, 0.1) is 0 Å². The van der Waals surface area contributed by atoms with Gasteiger partial charge in [-0.2, -0.15) is 0 Å². The molecule has 1 heterocycles. The van der Waals surface area contributed by atoms with E-state index in [4.69, 9.17) is 0 Å². The first kappa shape index (κ1) is 15.4. The van der Waals surface area contributed by atoms with Crippen LogP contribution < -0.4 is 5.32 Å². The van der Waals surface area contributed by atoms with Crippen molar-refractivity contribution >= 4 is 11.8 Å². The second-order valence-electron chi connectivity index (χ2n) is 4.97. The molecule has 0 aliphatic rings. The summed E-state index contributed by atoms with van der Waals surface area (Å²) in [5.41, 5.74) is 3.42. The summed E-state index contributed by atoms with van der Waals surface area (Å²) in [6, 6.07) is 0.586. The highest BCUT2D eigenvalue weighted by molar-refractivity contribution is 7.99. The fraction of sp³-hybridized carbons (Fsp3) is 0.714. The smallest absolute Gasteiger partial charge is 0.187 e. The van der Waals surface area contributed by atoms with Crippen molar-refractivity contribution in [1.29, 1.82) is 0 Å². The molecule has 0 spiro atoms. The number of aryl methyl sites for hydroxylation is 2. The van der Waals surface area contributed by atoms with Crippen molar-refractivity contribution in [3.05, 3.63) is 17.0 Å². The maximum Gasteiger partial charge on any atom is 0.187 e. The molecule has 0 unspecified atom stereocenters. The lowest BCUT2D eigenvalue weighted by Gasteiger charge is -2.08. The van der Waals surface area contributed by atoms with E-state index in [2.05, 4.69) is 49.9 Å². The first-order valence-corrected chi connectivity index (χ1v) is 7.67. The van der Waals surface area contributed by atoms with Crippen LogP contribution in [0.3, 0.4) is 0 Å². The fourth-order valence-electron chi connectivity index (χ4n) is 1.59. The summed E-state index contributed by atoms with van der Waals surface area (Å²) in [6.45, 7) is 11.7. The summed E-state index contributed by atoms with van der Waals surface area (Å²) in [5, 5.41) is 4.35. The molecule has 0 atom stereocenters. The van der Waals surface area contributed by atoms with Crippen molar-refractivity contribution in [2.75, 3.05) is 12.3 Å². The van der Waals surface area contributed by atoms with Gasteiger partial charge in [-0.25, -0.2) is 9.97 Å². The SMILES string of the molecule is Cc1nc(SCCCCNC(C)C)nc(C)c1C. The molecule has 1 N–H and O–H groups in total. The van der Waals surface area contributed by atoms with Crippen molar-refractivity contribution in [2.45, 2.75) is 58.7 Å². The molecule has 0 fully saturated rings. The number of thioether (sulfide) groups is 1. The molecule has 0 saturated heterocycles. The summed E-state index contributed by atoms with van der Waals surface area (Å²) >= 11 is 1.77. The largest absolute Gasteiger partial charge is 0.315 e. The van der Waals surface area contributed by atoms with Gasteiger partial charge in [-0.3, -0.25) is 0 Å². The number of unbranched alkanes of at least 4 members (excludes halogenated alkanes) is 1. The van der Waals surface area contributed by atoms with Gasteiger partial charge in [0, 0.05) is 23.2 Å². The predicted octanol–water partition coefficient (Wildman–Crippen LogP) is 3.27. The first-order valence-electron chi connectivity index (χ1n) is 6.68. The van der Waals surface area contributed by atoms with Gasteiger partial charge in [0.1, 0.15) is 0 Å². The summed E-state index contributed by atoms with van der Waals surface area (Å²) in [4.78, 5) is 9.03. The molecule has 0 saturated carbocycles. The van der Waals surface area contributed by atoms with Crippen LogP contribution in [0.5, 0.6) is 0 Å². The molecule has 18 heavy (non-hydrogen) atoms. The van der Waals surface area contributed by atoms with Crippen molar-refractivity contribution in [1.82, 2.24) is 15.3 Å². The van der Waals surface area contributed by atoms with Gasteiger partial charge < -0.3 is 5.32 Å². The molecule has 3 nitrogen and oxygen atoms in total. The van der Waals surface area contributed by atoms with Gasteiger partial charge in [0.2, 0.25) is 0 Å². The van der Waals surface area contributed by atoms with E-state index in [1.165, 1.54) is 18.4 Å². The second-order valence-corrected chi connectivity index (χ2v) is 6.03. The lowest BCUT2D eigenvalue weighted by atomic mass is 10.2. The summed E-state index contributed by atoms with van der Waals surface area (Å²) in [5.74, 6) is 1.10. The molecule has 102 valence electrons. The van der Waals surface area contributed by atoms with Gasteiger partial charge in [0.15, 0.2) is 5.16 Å². The van der Waals surface area contributed by atoms with Gasteiger partial charge in [0.25, 0.3) is 0 Å². The van der Waals surface area contributed by atoms with E-state index in [1.54, 1.807) is 11.8 Å². The van der Waals surface area contributed by atoms with Crippen LogP contribution in [0.4, 0.5) is 0 Å². The van der Waals surface area contributed by atoms with E-state index in [-0.39, 0.29) is 0 Å². The molecule has 0 bridgehead atoms. The van der Waals surface area contributed by atoms with E-state index in [0.717, 1.165) is 28.8 Å². The van der Waals surface area contributed by atoms with Crippen LogP contribution in [-0.2, 0) is 0 Å². The molecule has 0 aliphatic carbocycles. The van der Waals surface area contributed by atoms with Gasteiger partial charge in [-0.1, -0.05) is 25.6 Å². The van der Waals surface area contributed by atoms with Crippen LogP contribution in [0.25, 0.3) is 0 Å². The molecule has 1 aromatic rings. The number of hydrogen-bond acceptors (Lipinski definition) is 4. The predicted molar refractivity (Wildman–Crippen MR) is 79.3 cm³/mol. The summed E-state index contributed by atoms with van der Waals surface area (Å²) in [6.07, 6.45) is 2.43. The van der Waals surface area contributed by atoms with Gasteiger partial charge in [-0.05, 0) is 45.7 Å². The van der Waals surface area contributed by atoms with Crippen molar-refractivity contribution < 1.29 is 0 Å². The zero-order chi connectivity index (χ0) is 13.5. The maximum atomic E-state index is 4.52.